The minimum Gasteiger partial charge on any atom is -0.357 e. The normalized spacial score (nSPS) is 10.9. The van der Waals surface area contributed by atoms with Crippen LogP contribution in [0.1, 0.15) is 21.5 Å². The van der Waals surface area contributed by atoms with Crippen molar-refractivity contribution >= 4 is 22.8 Å². The molecule has 2 aromatic heterocycles. The number of aromatic amines is 1. The quantitative estimate of drug-likeness (QED) is 0.481. The second-order valence-corrected chi connectivity index (χ2v) is 6.71. The summed E-state index contributed by atoms with van der Waals surface area (Å²) in [6.07, 6.45) is 2.96. The van der Waals surface area contributed by atoms with E-state index in [1.54, 1.807) is 19.2 Å². The minimum absolute atomic E-state index is 0.245. The molecule has 7 heteroatoms. The van der Waals surface area contributed by atoms with Gasteiger partial charge >= 0.3 is 0 Å². The first-order valence-corrected chi connectivity index (χ1v) is 9.21. The van der Waals surface area contributed by atoms with Crippen molar-refractivity contribution in [3.63, 3.8) is 0 Å². The first kappa shape index (κ1) is 18.6. The summed E-state index contributed by atoms with van der Waals surface area (Å²) >= 11 is 0. The maximum atomic E-state index is 14.2. The van der Waals surface area contributed by atoms with E-state index in [0.29, 0.717) is 23.6 Å². The maximum absolute atomic E-state index is 14.2. The first-order chi connectivity index (χ1) is 14.1. The number of fused-ring (bicyclic) bond motifs is 1. The first-order valence-electron chi connectivity index (χ1n) is 9.21. The van der Waals surface area contributed by atoms with Crippen LogP contribution < -0.4 is 10.6 Å². The van der Waals surface area contributed by atoms with Crippen molar-refractivity contribution < 1.29 is 9.18 Å². The van der Waals surface area contributed by atoms with Crippen molar-refractivity contribution in [2.24, 2.45) is 0 Å². The Morgan fingerprint density at radius 3 is 2.62 bits per heavy atom. The fourth-order valence-electron chi connectivity index (χ4n) is 3.28. The van der Waals surface area contributed by atoms with Gasteiger partial charge in [-0.2, -0.15) is 0 Å². The van der Waals surface area contributed by atoms with Crippen LogP contribution in [-0.2, 0) is 6.54 Å². The molecule has 0 bridgehead atoms. The topological polar surface area (TPSA) is 82.7 Å². The number of carbonyl (C=O) groups is 1. The van der Waals surface area contributed by atoms with Crippen molar-refractivity contribution in [1.82, 2.24) is 20.3 Å². The molecule has 29 heavy (non-hydrogen) atoms. The summed E-state index contributed by atoms with van der Waals surface area (Å²) in [5, 5.41) is 6.68. The molecule has 0 aliphatic rings. The molecular weight excluding hydrogens is 369 g/mol. The molecule has 3 N–H and O–H groups in total. The number of rotatable bonds is 5. The van der Waals surface area contributed by atoms with E-state index in [2.05, 4.69) is 25.6 Å². The lowest BCUT2D eigenvalue weighted by Gasteiger charge is -2.06. The maximum Gasteiger partial charge on any atom is 0.254 e. The molecule has 0 saturated heterocycles. The number of aryl methyl sites for hydroxylation is 1. The molecule has 0 unspecified atom stereocenters. The number of hydrogen-bond acceptors (Lipinski definition) is 4. The van der Waals surface area contributed by atoms with E-state index in [4.69, 9.17) is 0 Å². The predicted molar refractivity (Wildman–Crippen MR) is 111 cm³/mol. The summed E-state index contributed by atoms with van der Waals surface area (Å²) in [4.78, 5) is 23.7. The second-order valence-electron chi connectivity index (χ2n) is 6.71. The summed E-state index contributed by atoms with van der Waals surface area (Å²) < 4.78 is 14.2. The van der Waals surface area contributed by atoms with Gasteiger partial charge in [-0.05, 0) is 42.3 Å². The number of nitrogens with one attached hydrogen (secondary N) is 3. The number of carbonyl (C=O) groups excluding carboxylic acids is 1. The molecule has 146 valence electrons. The van der Waals surface area contributed by atoms with Crippen molar-refractivity contribution in [3.8, 4) is 11.3 Å². The van der Waals surface area contributed by atoms with Crippen LogP contribution in [0.25, 0.3) is 22.2 Å². The zero-order valence-corrected chi connectivity index (χ0v) is 16.1. The Labute approximate surface area is 167 Å². The van der Waals surface area contributed by atoms with Gasteiger partial charge in [0.05, 0.1) is 11.3 Å². The van der Waals surface area contributed by atoms with Crippen molar-refractivity contribution in [2.75, 3.05) is 12.4 Å². The molecule has 0 aliphatic heterocycles. The Morgan fingerprint density at radius 2 is 1.90 bits per heavy atom. The van der Waals surface area contributed by atoms with Crippen LogP contribution in [0.5, 0.6) is 0 Å². The van der Waals surface area contributed by atoms with Gasteiger partial charge in [-0.25, -0.2) is 14.4 Å². The standard InChI is InChI=1S/C22H20FN5O/c1-13-17-9-14(10-25-21(29)15-11-26-22(24-2)27-12-15)7-8-19(17)28-20(13)16-5-3-4-6-18(16)23/h3-9,11-12,28H,10H2,1-2H3,(H,25,29)(H,24,26,27). The summed E-state index contributed by atoms with van der Waals surface area (Å²) in [6, 6.07) is 12.6. The van der Waals surface area contributed by atoms with Gasteiger partial charge in [0.25, 0.3) is 5.91 Å². The molecule has 0 saturated carbocycles. The van der Waals surface area contributed by atoms with Crippen molar-refractivity contribution in [1.29, 1.82) is 0 Å². The van der Waals surface area contributed by atoms with Crippen LogP contribution in [0.3, 0.4) is 0 Å². The van der Waals surface area contributed by atoms with E-state index in [-0.39, 0.29) is 11.7 Å². The highest BCUT2D eigenvalue weighted by Gasteiger charge is 2.13. The third kappa shape index (κ3) is 3.67. The fraction of sp³-hybridized carbons (Fsp3) is 0.136. The average molecular weight is 389 g/mol. The molecule has 4 rings (SSSR count). The average Bonchev–Trinajstić information content (AvgIpc) is 3.08. The number of amides is 1. The number of aromatic nitrogens is 3. The SMILES string of the molecule is CNc1ncc(C(=O)NCc2ccc3[nH]c(-c4ccccc4F)c(C)c3c2)cn1. The summed E-state index contributed by atoms with van der Waals surface area (Å²) in [6.45, 7) is 2.33. The largest absolute Gasteiger partial charge is 0.357 e. The lowest BCUT2D eigenvalue weighted by atomic mass is 10.0. The Bertz CT molecular complexity index is 1180. The molecule has 0 aliphatic carbocycles. The van der Waals surface area contributed by atoms with Crippen molar-refractivity contribution in [2.45, 2.75) is 13.5 Å². The van der Waals surface area contributed by atoms with Gasteiger partial charge in [0.15, 0.2) is 0 Å². The van der Waals surface area contributed by atoms with Crippen LogP contribution in [0.4, 0.5) is 10.3 Å². The molecular formula is C22H20FN5O. The Hall–Kier alpha value is -3.74. The Balaban J connectivity index is 1.55. The highest BCUT2D eigenvalue weighted by atomic mass is 19.1. The zero-order chi connectivity index (χ0) is 20.4. The molecule has 0 fully saturated rings. The van der Waals surface area contributed by atoms with Gasteiger partial charge in [-0.15, -0.1) is 0 Å². The lowest BCUT2D eigenvalue weighted by Crippen LogP contribution is -2.23. The van der Waals surface area contributed by atoms with E-state index in [9.17, 15) is 9.18 Å². The number of anilines is 1. The molecule has 0 atom stereocenters. The Kier molecular flexibility index (Phi) is 4.95. The number of H-pyrrole nitrogens is 1. The van der Waals surface area contributed by atoms with E-state index in [1.165, 1.54) is 18.5 Å². The van der Waals surface area contributed by atoms with E-state index in [0.717, 1.165) is 27.7 Å². The van der Waals surface area contributed by atoms with Crippen LogP contribution >= 0.6 is 0 Å². The monoisotopic (exact) mass is 389 g/mol. The van der Waals surface area contributed by atoms with Crippen LogP contribution in [0.15, 0.2) is 54.9 Å². The number of nitrogens with zero attached hydrogens (tertiary/aromatic N) is 2. The molecule has 2 heterocycles. The van der Waals surface area contributed by atoms with E-state index < -0.39 is 0 Å². The predicted octanol–water partition coefficient (Wildman–Crippen LogP) is 4.04. The summed E-state index contributed by atoms with van der Waals surface area (Å²) in [5.74, 6) is -0.0488. The van der Waals surface area contributed by atoms with Gasteiger partial charge in [-0.3, -0.25) is 4.79 Å². The van der Waals surface area contributed by atoms with Gasteiger partial charge in [0.2, 0.25) is 5.95 Å². The number of benzene rings is 2. The molecule has 1 amide bonds. The third-order valence-electron chi connectivity index (χ3n) is 4.86. The minimum atomic E-state index is -0.263. The van der Waals surface area contributed by atoms with Crippen molar-refractivity contribution in [3.05, 3.63) is 77.4 Å². The number of hydrogen-bond donors (Lipinski definition) is 3. The summed E-state index contributed by atoms with van der Waals surface area (Å²) in [7, 11) is 1.71. The van der Waals surface area contributed by atoms with E-state index >= 15 is 0 Å². The lowest BCUT2D eigenvalue weighted by molar-refractivity contribution is 0.0950. The molecule has 0 spiro atoms. The molecule has 0 radical (unpaired) electrons. The fourth-order valence-corrected chi connectivity index (χ4v) is 3.28. The second kappa shape index (κ2) is 7.71. The van der Waals surface area contributed by atoms with Crippen LogP contribution in [0.2, 0.25) is 0 Å². The summed E-state index contributed by atoms with van der Waals surface area (Å²) in [5.41, 5.74) is 4.54. The van der Waals surface area contributed by atoms with Gasteiger partial charge in [0.1, 0.15) is 5.82 Å². The Morgan fingerprint density at radius 1 is 1.14 bits per heavy atom. The van der Waals surface area contributed by atoms with Crippen LogP contribution in [-0.4, -0.2) is 27.9 Å². The van der Waals surface area contributed by atoms with Gasteiger partial charge in [-0.1, -0.05) is 18.2 Å². The highest BCUT2D eigenvalue weighted by molar-refractivity contribution is 5.94. The van der Waals surface area contributed by atoms with Gasteiger partial charge in [0, 0.05) is 42.5 Å². The smallest absolute Gasteiger partial charge is 0.254 e. The third-order valence-corrected chi connectivity index (χ3v) is 4.86. The highest BCUT2D eigenvalue weighted by Crippen LogP contribution is 2.31. The zero-order valence-electron chi connectivity index (χ0n) is 16.1. The van der Waals surface area contributed by atoms with Gasteiger partial charge < -0.3 is 15.6 Å². The molecule has 6 nitrogen and oxygen atoms in total. The molecule has 2 aromatic carbocycles. The molecule has 4 aromatic rings. The van der Waals surface area contributed by atoms with E-state index in [1.807, 2.05) is 31.2 Å². The number of halogens is 1. The van der Waals surface area contributed by atoms with Crippen LogP contribution in [0, 0.1) is 12.7 Å².